The summed E-state index contributed by atoms with van der Waals surface area (Å²) in [6.45, 7) is 6.38. The molecule has 0 fully saturated rings. The summed E-state index contributed by atoms with van der Waals surface area (Å²) < 4.78 is 22.2. The topological polar surface area (TPSA) is 35.5 Å². The van der Waals surface area contributed by atoms with Crippen molar-refractivity contribution in [1.29, 1.82) is 0 Å². The highest BCUT2D eigenvalue weighted by Gasteiger charge is 2.33. The van der Waals surface area contributed by atoms with Crippen molar-refractivity contribution < 1.29 is 13.6 Å². The number of alkyl halides is 2. The van der Waals surface area contributed by atoms with E-state index in [1.54, 1.807) is 0 Å². The van der Waals surface area contributed by atoms with Gasteiger partial charge in [-0.25, -0.2) is 0 Å². The standard InChI is InChI=1S/C8H17Br2O3P/c1-4-12-14(11,13-5-2)7-8(3,10)6-9/h4-7H2,1-3H3. The van der Waals surface area contributed by atoms with Gasteiger partial charge < -0.3 is 9.05 Å². The zero-order valence-electron chi connectivity index (χ0n) is 8.76. The van der Waals surface area contributed by atoms with Crippen molar-refractivity contribution in [2.24, 2.45) is 0 Å². The van der Waals surface area contributed by atoms with Crippen LogP contribution in [0.3, 0.4) is 0 Å². The van der Waals surface area contributed by atoms with Gasteiger partial charge in [-0.1, -0.05) is 31.9 Å². The van der Waals surface area contributed by atoms with Crippen molar-refractivity contribution in [2.75, 3.05) is 24.7 Å². The van der Waals surface area contributed by atoms with Gasteiger partial charge in [-0.3, -0.25) is 4.57 Å². The molecule has 0 amide bonds. The molecular weight excluding hydrogens is 335 g/mol. The predicted octanol–water partition coefficient (Wildman–Crippen LogP) is 3.80. The van der Waals surface area contributed by atoms with Gasteiger partial charge in [0.1, 0.15) is 0 Å². The van der Waals surface area contributed by atoms with Gasteiger partial charge in [0.05, 0.1) is 19.4 Å². The summed E-state index contributed by atoms with van der Waals surface area (Å²) in [7, 11) is -2.93. The summed E-state index contributed by atoms with van der Waals surface area (Å²) in [6.07, 6.45) is 0.368. The molecule has 0 aromatic carbocycles. The van der Waals surface area contributed by atoms with E-state index in [4.69, 9.17) is 9.05 Å². The highest BCUT2D eigenvalue weighted by atomic mass is 79.9. The Morgan fingerprint density at radius 1 is 1.29 bits per heavy atom. The summed E-state index contributed by atoms with van der Waals surface area (Å²) in [5.74, 6) is 0. The molecule has 0 aliphatic heterocycles. The molecule has 0 aromatic rings. The van der Waals surface area contributed by atoms with Gasteiger partial charge in [-0.2, -0.15) is 0 Å². The van der Waals surface area contributed by atoms with E-state index in [1.807, 2.05) is 20.8 Å². The smallest absolute Gasteiger partial charge is 0.309 e. The van der Waals surface area contributed by atoms with E-state index in [-0.39, 0.29) is 4.32 Å². The summed E-state index contributed by atoms with van der Waals surface area (Å²) in [6, 6.07) is 0. The Morgan fingerprint density at radius 2 is 1.71 bits per heavy atom. The van der Waals surface area contributed by atoms with Gasteiger partial charge >= 0.3 is 7.60 Å². The van der Waals surface area contributed by atoms with Crippen LogP contribution in [0.1, 0.15) is 20.8 Å². The van der Waals surface area contributed by atoms with Crippen molar-refractivity contribution in [3.05, 3.63) is 0 Å². The second kappa shape index (κ2) is 6.64. The molecule has 0 saturated carbocycles. The van der Waals surface area contributed by atoms with Crippen molar-refractivity contribution in [3.63, 3.8) is 0 Å². The van der Waals surface area contributed by atoms with E-state index in [9.17, 15) is 4.57 Å². The maximum atomic E-state index is 12.1. The Kier molecular flexibility index (Phi) is 7.17. The molecule has 0 saturated heterocycles. The lowest BCUT2D eigenvalue weighted by atomic mass is 10.3. The first-order valence-corrected chi connectivity index (χ1v) is 8.16. The van der Waals surface area contributed by atoms with Crippen LogP contribution in [0.4, 0.5) is 0 Å². The van der Waals surface area contributed by atoms with Crippen LogP contribution in [0, 0.1) is 0 Å². The average Bonchev–Trinajstić information content (AvgIpc) is 2.03. The fourth-order valence-corrected chi connectivity index (χ4v) is 4.36. The molecule has 86 valence electrons. The monoisotopic (exact) mass is 350 g/mol. The first-order valence-electron chi connectivity index (χ1n) is 4.52. The Labute approximate surface area is 103 Å². The van der Waals surface area contributed by atoms with E-state index in [1.165, 1.54) is 0 Å². The molecule has 0 aromatic heterocycles. The lowest BCUT2D eigenvalue weighted by Crippen LogP contribution is -2.24. The molecule has 0 heterocycles. The molecule has 0 aliphatic rings. The first kappa shape index (κ1) is 15.1. The molecule has 3 nitrogen and oxygen atoms in total. The molecule has 0 N–H and O–H groups in total. The van der Waals surface area contributed by atoms with Gasteiger partial charge in [0.15, 0.2) is 0 Å². The van der Waals surface area contributed by atoms with Crippen molar-refractivity contribution >= 4 is 39.5 Å². The van der Waals surface area contributed by atoms with Gasteiger partial charge in [-0.15, -0.1) is 0 Å². The minimum absolute atomic E-state index is 0.257. The zero-order chi connectivity index (χ0) is 11.2. The van der Waals surface area contributed by atoms with Crippen LogP contribution in [0.25, 0.3) is 0 Å². The number of hydrogen-bond acceptors (Lipinski definition) is 3. The highest BCUT2D eigenvalue weighted by molar-refractivity contribution is 9.12. The Bertz CT molecular complexity index is 199. The van der Waals surface area contributed by atoms with E-state index in [2.05, 4.69) is 31.9 Å². The van der Waals surface area contributed by atoms with Crippen LogP contribution in [0.15, 0.2) is 0 Å². The zero-order valence-corrected chi connectivity index (χ0v) is 12.8. The highest BCUT2D eigenvalue weighted by Crippen LogP contribution is 2.52. The lowest BCUT2D eigenvalue weighted by Gasteiger charge is -2.25. The van der Waals surface area contributed by atoms with Gasteiger partial charge in [0, 0.05) is 9.65 Å². The predicted molar refractivity (Wildman–Crippen MR) is 66.9 cm³/mol. The fourth-order valence-electron chi connectivity index (χ4n) is 0.968. The van der Waals surface area contributed by atoms with E-state index in [0.29, 0.717) is 24.7 Å². The van der Waals surface area contributed by atoms with Crippen LogP contribution in [0.5, 0.6) is 0 Å². The molecule has 0 radical (unpaired) electrons. The van der Waals surface area contributed by atoms with Crippen LogP contribution < -0.4 is 0 Å². The third kappa shape index (κ3) is 5.86. The molecule has 0 rings (SSSR count). The van der Waals surface area contributed by atoms with Crippen molar-refractivity contribution in [3.8, 4) is 0 Å². The first-order chi connectivity index (χ1) is 6.39. The van der Waals surface area contributed by atoms with Crippen LogP contribution >= 0.6 is 39.5 Å². The lowest BCUT2D eigenvalue weighted by molar-refractivity contribution is 0.219. The molecular formula is C8H17Br2O3P. The van der Waals surface area contributed by atoms with Crippen LogP contribution in [-0.4, -0.2) is 29.0 Å². The summed E-state index contributed by atoms with van der Waals surface area (Å²) >= 11 is 6.82. The molecule has 0 bridgehead atoms. The SMILES string of the molecule is CCOP(=O)(CC(C)(Br)CBr)OCC. The Morgan fingerprint density at radius 3 is 2.00 bits per heavy atom. The quantitative estimate of drug-likeness (QED) is 0.517. The van der Waals surface area contributed by atoms with Gasteiger partial charge in [0.2, 0.25) is 0 Å². The number of hydrogen-bond donors (Lipinski definition) is 0. The fraction of sp³-hybridized carbons (Fsp3) is 1.00. The molecule has 14 heavy (non-hydrogen) atoms. The van der Waals surface area contributed by atoms with E-state index < -0.39 is 7.60 Å². The van der Waals surface area contributed by atoms with Crippen LogP contribution in [-0.2, 0) is 13.6 Å². The molecule has 1 unspecified atom stereocenters. The number of halogens is 2. The average molecular weight is 352 g/mol. The maximum absolute atomic E-state index is 12.1. The van der Waals surface area contributed by atoms with E-state index >= 15 is 0 Å². The minimum Gasteiger partial charge on any atom is -0.309 e. The maximum Gasteiger partial charge on any atom is 0.332 e. The third-order valence-electron chi connectivity index (χ3n) is 1.45. The second-order valence-electron chi connectivity index (χ2n) is 3.15. The summed E-state index contributed by atoms with van der Waals surface area (Å²) in [4.78, 5) is 0. The molecule has 1 atom stereocenters. The third-order valence-corrected chi connectivity index (χ3v) is 6.83. The minimum atomic E-state index is -2.93. The van der Waals surface area contributed by atoms with Crippen molar-refractivity contribution in [1.82, 2.24) is 0 Å². The molecule has 0 aliphatic carbocycles. The van der Waals surface area contributed by atoms with E-state index in [0.717, 1.165) is 0 Å². The van der Waals surface area contributed by atoms with Crippen LogP contribution in [0.2, 0.25) is 0 Å². The number of rotatable bonds is 7. The van der Waals surface area contributed by atoms with Gasteiger partial charge in [0.25, 0.3) is 0 Å². The van der Waals surface area contributed by atoms with Gasteiger partial charge in [-0.05, 0) is 20.8 Å². The molecule has 6 heteroatoms. The Hall–Kier alpha value is 1.11. The molecule has 0 spiro atoms. The van der Waals surface area contributed by atoms with Crippen molar-refractivity contribution in [2.45, 2.75) is 25.1 Å². The summed E-state index contributed by atoms with van der Waals surface area (Å²) in [5, 5.41) is 0.699. The largest absolute Gasteiger partial charge is 0.332 e. The summed E-state index contributed by atoms with van der Waals surface area (Å²) in [5.41, 5.74) is 0. The second-order valence-corrected chi connectivity index (χ2v) is 7.68. The Balaban J connectivity index is 4.43. The normalized spacial score (nSPS) is 16.6.